The molecular weight excluding hydrogens is 288 g/mol. The molecule has 1 atom stereocenters. The molecule has 0 radical (unpaired) electrons. The Kier molecular flexibility index (Phi) is 4.01. The Bertz CT molecular complexity index is 656. The van der Waals surface area contributed by atoms with E-state index in [1.54, 1.807) is 18.5 Å². The molecule has 7 heteroatoms. The molecule has 6 nitrogen and oxygen atoms in total. The molecule has 21 heavy (non-hydrogen) atoms. The van der Waals surface area contributed by atoms with Crippen LogP contribution in [0.1, 0.15) is 6.42 Å². The summed E-state index contributed by atoms with van der Waals surface area (Å²) in [6.07, 6.45) is 5.91. The lowest BCUT2D eigenvalue weighted by atomic mass is 10.2. The number of cyclic esters (lactones) is 1. The Morgan fingerprint density at radius 1 is 1.43 bits per heavy atom. The van der Waals surface area contributed by atoms with E-state index in [-0.39, 0.29) is 11.2 Å². The third kappa shape index (κ3) is 2.82. The number of allylic oxidation sites excluding steroid dienone is 1. The largest absolute Gasteiger partial charge is 0.465 e. The molecule has 2 aromatic heterocycles. The zero-order chi connectivity index (χ0) is 14.7. The first-order valence-corrected chi connectivity index (χ1v) is 7.45. The average molecular weight is 302 g/mol. The van der Waals surface area contributed by atoms with Gasteiger partial charge in [0.25, 0.3) is 0 Å². The summed E-state index contributed by atoms with van der Waals surface area (Å²) in [6.45, 7) is 4.82. The first kappa shape index (κ1) is 13.8. The number of nitrogens with zero attached hydrogens (tertiary/aromatic N) is 4. The summed E-state index contributed by atoms with van der Waals surface area (Å²) in [5.41, 5.74) is 0.931. The number of rotatable bonds is 5. The lowest BCUT2D eigenvalue weighted by molar-refractivity contribution is -0.137. The van der Waals surface area contributed by atoms with Gasteiger partial charge in [-0.15, -0.1) is 16.8 Å². The number of pyridine rings is 1. The zero-order valence-corrected chi connectivity index (χ0v) is 12.1. The normalized spacial score (nSPS) is 17.7. The molecule has 108 valence electrons. The molecule has 0 bridgehead atoms. The lowest BCUT2D eigenvalue weighted by Gasteiger charge is -2.09. The van der Waals surface area contributed by atoms with E-state index in [9.17, 15) is 4.79 Å². The van der Waals surface area contributed by atoms with Gasteiger partial charge in [-0.25, -0.2) is 0 Å². The highest BCUT2D eigenvalue weighted by molar-refractivity contribution is 8.00. The molecule has 1 fully saturated rings. The van der Waals surface area contributed by atoms with E-state index in [4.69, 9.17) is 4.74 Å². The van der Waals surface area contributed by atoms with Crippen molar-refractivity contribution in [3.8, 4) is 11.4 Å². The molecule has 0 spiro atoms. The lowest BCUT2D eigenvalue weighted by Crippen LogP contribution is -2.11. The fourth-order valence-corrected chi connectivity index (χ4v) is 3.10. The van der Waals surface area contributed by atoms with E-state index < -0.39 is 0 Å². The minimum Gasteiger partial charge on any atom is -0.465 e. The van der Waals surface area contributed by atoms with E-state index in [2.05, 4.69) is 21.8 Å². The monoisotopic (exact) mass is 302 g/mol. The van der Waals surface area contributed by atoms with Crippen LogP contribution in [0.4, 0.5) is 0 Å². The molecule has 2 aromatic rings. The highest BCUT2D eigenvalue weighted by Gasteiger charge is 2.29. The molecule has 0 aromatic carbocycles. The fraction of sp³-hybridized carbons (Fsp3) is 0.286. The van der Waals surface area contributed by atoms with Crippen LogP contribution in [0.2, 0.25) is 0 Å². The summed E-state index contributed by atoms with van der Waals surface area (Å²) in [7, 11) is 0. The van der Waals surface area contributed by atoms with Crippen molar-refractivity contribution in [2.24, 2.45) is 0 Å². The Hall–Kier alpha value is -2.15. The minimum atomic E-state index is -0.206. The molecule has 1 aliphatic heterocycles. The summed E-state index contributed by atoms with van der Waals surface area (Å²) < 4.78 is 6.93. The van der Waals surface area contributed by atoms with Gasteiger partial charge in [0, 0.05) is 30.9 Å². The van der Waals surface area contributed by atoms with Gasteiger partial charge in [0.05, 0.1) is 6.61 Å². The minimum absolute atomic E-state index is 0.182. The summed E-state index contributed by atoms with van der Waals surface area (Å²) in [6, 6.07) is 3.75. The zero-order valence-electron chi connectivity index (χ0n) is 11.3. The Balaban J connectivity index is 1.92. The maximum Gasteiger partial charge on any atom is 0.319 e. The second-order valence-corrected chi connectivity index (χ2v) is 5.67. The van der Waals surface area contributed by atoms with Crippen LogP contribution in [0.5, 0.6) is 0 Å². The van der Waals surface area contributed by atoms with Crippen LogP contribution in [-0.4, -0.2) is 37.6 Å². The number of hydrogen-bond acceptors (Lipinski definition) is 6. The number of thioether (sulfide) groups is 1. The molecular formula is C14H14N4O2S. The van der Waals surface area contributed by atoms with Crippen LogP contribution in [0, 0.1) is 0 Å². The van der Waals surface area contributed by atoms with E-state index in [0.29, 0.717) is 24.7 Å². The van der Waals surface area contributed by atoms with Crippen molar-refractivity contribution < 1.29 is 9.53 Å². The molecule has 0 saturated carbocycles. The highest BCUT2D eigenvalue weighted by Crippen LogP contribution is 2.30. The van der Waals surface area contributed by atoms with Crippen molar-refractivity contribution in [3.05, 3.63) is 37.2 Å². The first-order valence-electron chi connectivity index (χ1n) is 6.57. The van der Waals surface area contributed by atoms with Crippen molar-refractivity contribution in [2.45, 2.75) is 23.4 Å². The van der Waals surface area contributed by atoms with E-state index in [0.717, 1.165) is 11.4 Å². The third-order valence-electron chi connectivity index (χ3n) is 3.10. The third-order valence-corrected chi connectivity index (χ3v) is 4.33. The molecule has 0 amide bonds. The van der Waals surface area contributed by atoms with Gasteiger partial charge in [0.2, 0.25) is 0 Å². The molecule has 1 unspecified atom stereocenters. The van der Waals surface area contributed by atoms with Gasteiger partial charge >= 0.3 is 5.97 Å². The molecule has 0 aliphatic carbocycles. The van der Waals surface area contributed by atoms with Gasteiger partial charge in [-0.2, -0.15) is 0 Å². The number of esters is 1. The van der Waals surface area contributed by atoms with Crippen molar-refractivity contribution in [3.63, 3.8) is 0 Å². The van der Waals surface area contributed by atoms with Crippen LogP contribution in [0.15, 0.2) is 42.3 Å². The van der Waals surface area contributed by atoms with E-state index in [1.165, 1.54) is 11.8 Å². The van der Waals surface area contributed by atoms with Crippen molar-refractivity contribution in [1.82, 2.24) is 19.7 Å². The second-order valence-electron chi connectivity index (χ2n) is 4.50. The first-order chi connectivity index (χ1) is 10.3. The summed E-state index contributed by atoms with van der Waals surface area (Å²) >= 11 is 1.39. The van der Waals surface area contributed by atoms with Gasteiger partial charge in [-0.1, -0.05) is 17.8 Å². The highest BCUT2D eigenvalue weighted by atomic mass is 32.2. The maximum absolute atomic E-state index is 11.6. The van der Waals surface area contributed by atoms with Gasteiger partial charge < -0.3 is 4.74 Å². The van der Waals surface area contributed by atoms with Gasteiger partial charge in [0.1, 0.15) is 5.25 Å². The summed E-state index contributed by atoms with van der Waals surface area (Å²) in [5, 5.41) is 8.94. The summed E-state index contributed by atoms with van der Waals surface area (Å²) in [5.74, 6) is 0.560. The van der Waals surface area contributed by atoms with Crippen molar-refractivity contribution >= 4 is 17.7 Å². The van der Waals surface area contributed by atoms with Crippen LogP contribution >= 0.6 is 11.8 Å². The smallest absolute Gasteiger partial charge is 0.319 e. The number of carbonyl (C=O) groups excluding carboxylic acids is 1. The average Bonchev–Trinajstić information content (AvgIpc) is 3.09. The second kappa shape index (κ2) is 6.09. The maximum atomic E-state index is 11.6. The molecule has 3 heterocycles. The van der Waals surface area contributed by atoms with Crippen LogP contribution in [0.3, 0.4) is 0 Å². The van der Waals surface area contributed by atoms with Gasteiger partial charge in [-0.3, -0.25) is 14.3 Å². The number of hydrogen-bond donors (Lipinski definition) is 0. The number of aromatic nitrogens is 4. The molecule has 0 N–H and O–H groups in total. The quantitative estimate of drug-likeness (QED) is 0.621. The van der Waals surface area contributed by atoms with Gasteiger partial charge in [-0.05, 0) is 12.1 Å². The standard InChI is InChI=1S/C14H14N4O2S/c1-2-8-18-12(10-3-6-15-7-4-10)16-17-14(18)21-11-5-9-20-13(11)19/h2-4,6-7,11H,1,5,8-9H2. The number of ether oxygens (including phenoxy) is 1. The summed E-state index contributed by atoms with van der Waals surface area (Å²) in [4.78, 5) is 15.6. The van der Waals surface area contributed by atoms with E-state index in [1.807, 2.05) is 16.7 Å². The van der Waals surface area contributed by atoms with E-state index >= 15 is 0 Å². The van der Waals surface area contributed by atoms with Crippen molar-refractivity contribution in [1.29, 1.82) is 0 Å². The van der Waals surface area contributed by atoms with Crippen LogP contribution in [0.25, 0.3) is 11.4 Å². The van der Waals surface area contributed by atoms with Crippen molar-refractivity contribution in [2.75, 3.05) is 6.61 Å². The molecule has 3 rings (SSSR count). The predicted molar refractivity (Wildman–Crippen MR) is 78.7 cm³/mol. The van der Waals surface area contributed by atoms with Crippen LogP contribution < -0.4 is 0 Å². The van der Waals surface area contributed by atoms with Gasteiger partial charge in [0.15, 0.2) is 11.0 Å². The van der Waals surface area contributed by atoms with Crippen LogP contribution in [-0.2, 0) is 16.1 Å². The Morgan fingerprint density at radius 2 is 2.24 bits per heavy atom. The SMILES string of the molecule is C=CCn1c(SC2CCOC2=O)nnc1-c1ccncc1. The topological polar surface area (TPSA) is 69.9 Å². The Morgan fingerprint density at radius 3 is 2.90 bits per heavy atom. The predicted octanol–water partition coefficient (Wildman–Crippen LogP) is 1.93. The molecule has 1 saturated heterocycles. The Labute approximate surface area is 126 Å². The fourth-order valence-electron chi connectivity index (χ4n) is 2.10. The molecule has 1 aliphatic rings. The number of carbonyl (C=O) groups is 1.